The lowest BCUT2D eigenvalue weighted by atomic mass is 10.1. The number of fused-ring (bicyclic) bond motifs is 1. The maximum absolute atomic E-state index is 12.5. The molecule has 118 valence electrons. The van der Waals surface area contributed by atoms with Crippen LogP contribution in [-0.4, -0.2) is 41.0 Å². The van der Waals surface area contributed by atoms with Gasteiger partial charge in [-0.15, -0.1) is 0 Å². The molecule has 0 atom stereocenters. The molecule has 7 heteroatoms. The third kappa shape index (κ3) is 3.30. The van der Waals surface area contributed by atoms with Gasteiger partial charge in [0.25, 0.3) is 0 Å². The molecule has 0 radical (unpaired) electrons. The zero-order valence-corrected chi connectivity index (χ0v) is 13.3. The average molecular weight is 322 g/mol. The Morgan fingerprint density at radius 2 is 1.77 bits per heavy atom. The van der Waals surface area contributed by atoms with E-state index in [9.17, 15) is 13.2 Å². The first-order chi connectivity index (χ1) is 10.3. The molecule has 22 heavy (non-hydrogen) atoms. The second kappa shape index (κ2) is 6.23. The number of anilines is 1. The van der Waals surface area contributed by atoms with Gasteiger partial charge < -0.3 is 15.4 Å². The van der Waals surface area contributed by atoms with E-state index in [-0.39, 0.29) is 17.3 Å². The van der Waals surface area contributed by atoms with Gasteiger partial charge >= 0.3 is 6.09 Å². The fourth-order valence-corrected chi connectivity index (χ4v) is 3.61. The molecule has 2 N–H and O–H groups in total. The van der Waals surface area contributed by atoms with Crippen LogP contribution in [0.4, 0.5) is 10.5 Å². The summed E-state index contributed by atoms with van der Waals surface area (Å²) in [5.41, 5.74) is 5.78. The third-order valence-corrected chi connectivity index (χ3v) is 5.00. The van der Waals surface area contributed by atoms with Crippen molar-refractivity contribution in [3.8, 4) is 0 Å². The van der Waals surface area contributed by atoms with Gasteiger partial charge in [0.2, 0.25) is 0 Å². The highest BCUT2D eigenvalue weighted by molar-refractivity contribution is 7.91. The van der Waals surface area contributed by atoms with Crippen molar-refractivity contribution in [1.29, 1.82) is 0 Å². The van der Waals surface area contributed by atoms with Gasteiger partial charge in [0.05, 0.1) is 10.6 Å². The molecular formula is C15H18N2O4S. The number of hydrogen-bond donors (Lipinski definition) is 1. The predicted molar refractivity (Wildman–Crippen MR) is 85.9 cm³/mol. The maximum atomic E-state index is 12.5. The van der Waals surface area contributed by atoms with E-state index in [1.807, 2.05) is 37.2 Å². The number of rotatable bonds is 5. The van der Waals surface area contributed by atoms with Gasteiger partial charge in [-0.25, -0.2) is 13.2 Å². The molecule has 0 heterocycles. The Kier molecular flexibility index (Phi) is 4.56. The molecule has 0 bridgehead atoms. The topological polar surface area (TPSA) is 89.7 Å². The van der Waals surface area contributed by atoms with Crippen LogP contribution < -0.4 is 10.6 Å². The maximum Gasteiger partial charge on any atom is 0.404 e. The molecule has 1 amide bonds. The molecule has 0 saturated heterocycles. The van der Waals surface area contributed by atoms with E-state index in [2.05, 4.69) is 4.74 Å². The summed E-state index contributed by atoms with van der Waals surface area (Å²) >= 11 is 0. The number of ether oxygens (including phenoxy) is 1. The molecule has 0 aromatic heterocycles. The number of nitrogens with zero attached hydrogens (tertiary/aromatic N) is 1. The zero-order valence-electron chi connectivity index (χ0n) is 12.4. The molecule has 0 unspecified atom stereocenters. The fraction of sp³-hybridized carbons (Fsp3) is 0.267. The van der Waals surface area contributed by atoms with Crippen molar-refractivity contribution in [2.45, 2.75) is 4.90 Å². The SMILES string of the molecule is CN(C)c1cccc2c(S(=O)(=O)CCOC(N)=O)cccc12. The van der Waals surface area contributed by atoms with Crippen LogP contribution in [0.2, 0.25) is 0 Å². The molecule has 0 aliphatic heterocycles. The third-order valence-electron chi connectivity index (χ3n) is 3.27. The van der Waals surface area contributed by atoms with E-state index in [1.165, 1.54) is 0 Å². The van der Waals surface area contributed by atoms with Crippen LogP contribution in [0.5, 0.6) is 0 Å². The van der Waals surface area contributed by atoms with Crippen molar-refractivity contribution in [1.82, 2.24) is 0 Å². The second-order valence-electron chi connectivity index (χ2n) is 5.01. The van der Waals surface area contributed by atoms with E-state index < -0.39 is 15.9 Å². The van der Waals surface area contributed by atoms with Crippen LogP contribution in [0.25, 0.3) is 10.8 Å². The predicted octanol–water partition coefficient (Wildman–Crippen LogP) is 1.77. The molecular weight excluding hydrogens is 304 g/mol. The highest BCUT2D eigenvalue weighted by atomic mass is 32.2. The van der Waals surface area contributed by atoms with Crippen molar-refractivity contribution >= 4 is 32.4 Å². The highest BCUT2D eigenvalue weighted by Crippen LogP contribution is 2.30. The van der Waals surface area contributed by atoms with Crippen LogP contribution in [0, 0.1) is 0 Å². The standard InChI is InChI=1S/C15H18N2O4S/c1-17(2)13-7-3-6-12-11(13)5-4-8-14(12)22(19,20)10-9-21-15(16)18/h3-8H,9-10H2,1-2H3,(H2,16,18). The summed E-state index contributed by atoms with van der Waals surface area (Å²) in [5, 5.41) is 1.50. The molecule has 0 fully saturated rings. The summed E-state index contributed by atoms with van der Waals surface area (Å²) in [5.74, 6) is -0.304. The number of nitrogens with two attached hydrogens (primary N) is 1. The van der Waals surface area contributed by atoms with E-state index in [4.69, 9.17) is 5.73 Å². The van der Waals surface area contributed by atoms with Crippen molar-refractivity contribution in [2.75, 3.05) is 31.4 Å². The van der Waals surface area contributed by atoms with Crippen LogP contribution >= 0.6 is 0 Å². The number of hydrogen-bond acceptors (Lipinski definition) is 5. The van der Waals surface area contributed by atoms with Crippen molar-refractivity contribution in [2.24, 2.45) is 5.73 Å². The Hall–Kier alpha value is -2.28. The summed E-state index contributed by atoms with van der Waals surface area (Å²) in [6, 6.07) is 10.7. The second-order valence-corrected chi connectivity index (χ2v) is 7.09. The van der Waals surface area contributed by atoms with Crippen LogP contribution in [0.1, 0.15) is 0 Å². The van der Waals surface area contributed by atoms with E-state index in [0.717, 1.165) is 11.1 Å². The molecule has 2 aromatic rings. The number of carbonyl (C=O) groups is 1. The van der Waals surface area contributed by atoms with E-state index >= 15 is 0 Å². The molecule has 0 aliphatic rings. The minimum atomic E-state index is -3.58. The Balaban J connectivity index is 2.47. The molecule has 0 aliphatic carbocycles. The monoisotopic (exact) mass is 322 g/mol. The number of benzene rings is 2. The summed E-state index contributed by atoms with van der Waals surface area (Å²) in [4.78, 5) is 12.7. The molecule has 0 saturated carbocycles. The summed E-state index contributed by atoms with van der Waals surface area (Å²) in [6.07, 6.45) is -0.983. The largest absolute Gasteiger partial charge is 0.449 e. The summed E-state index contributed by atoms with van der Waals surface area (Å²) in [6.45, 7) is -0.262. The molecule has 2 aromatic carbocycles. The van der Waals surface area contributed by atoms with Crippen molar-refractivity contribution < 1.29 is 17.9 Å². The van der Waals surface area contributed by atoms with E-state index in [0.29, 0.717) is 5.39 Å². The van der Waals surface area contributed by atoms with Crippen LogP contribution in [0.15, 0.2) is 41.3 Å². The quantitative estimate of drug-likeness (QED) is 0.906. The van der Waals surface area contributed by atoms with Crippen molar-refractivity contribution in [3.05, 3.63) is 36.4 Å². The minimum Gasteiger partial charge on any atom is -0.449 e. The van der Waals surface area contributed by atoms with Gasteiger partial charge in [-0.05, 0) is 12.1 Å². The Morgan fingerprint density at radius 3 is 2.41 bits per heavy atom. The lowest BCUT2D eigenvalue weighted by Crippen LogP contribution is -2.19. The van der Waals surface area contributed by atoms with Gasteiger partial charge in [0, 0.05) is 30.6 Å². The van der Waals surface area contributed by atoms with Gasteiger partial charge in [-0.2, -0.15) is 0 Å². The van der Waals surface area contributed by atoms with Gasteiger partial charge in [-0.1, -0.05) is 24.3 Å². The van der Waals surface area contributed by atoms with Crippen LogP contribution in [0.3, 0.4) is 0 Å². The lowest BCUT2D eigenvalue weighted by Gasteiger charge is -2.16. The first-order valence-corrected chi connectivity index (χ1v) is 8.32. The number of sulfone groups is 1. The van der Waals surface area contributed by atoms with E-state index in [1.54, 1.807) is 18.2 Å². The smallest absolute Gasteiger partial charge is 0.404 e. The highest BCUT2D eigenvalue weighted by Gasteiger charge is 2.19. The van der Waals surface area contributed by atoms with Gasteiger partial charge in [0.15, 0.2) is 9.84 Å². The number of carbonyl (C=O) groups excluding carboxylic acids is 1. The minimum absolute atomic E-state index is 0.224. The summed E-state index contributed by atoms with van der Waals surface area (Å²) < 4.78 is 29.5. The zero-order chi connectivity index (χ0) is 16.3. The first-order valence-electron chi connectivity index (χ1n) is 6.67. The first kappa shape index (κ1) is 16.1. The number of amides is 1. The van der Waals surface area contributed by atoms with Gasteiger partial charge in [0.1, 0.15) is 6.61 Å². The van der Waals surface area contributed by atoms with Crippen molar-refractivity contribution in [3.63, 3.8) is 0 Å². The molecule has 0 spiro atoms. The Labute approximate surface area is 129 Å². The normalized spacial score (nSPS) is 11.4. The summed E-state index contributed by atoms with van der Waals surface area (Å²) in [7, 11) is 0.223. The van der Waals surface area contributed by atoms with Crippen LogP contribution in [-0.2, 0) is 14.6 Å². The molecule has 2 rings (SSSR count). The Morgan fingerprint density at radius 1 is 1.14 bits per heavy atom. The average Bonchev–Trinajstić information content (AvgIpc) is 2.45. The molecule has 6 nitrogen and oxygen atoms in total. The Bertz CT molecular complexity index is 800. The number of primary amides is 1. The lowest BCUT2D eigenvalue weighted by molar-refractivity contribution is 0.163. The fourth-order valence-electron chi connectivity index (χ4n) is 2.29. The van der Waals surface area contributed by atoms with Gasteiger partial charge in [-0.3, -0.25) is 0 Å².